The summed E-state index contributed by atoms with van der Waals surface area (Å²) in [5.41, 5.74) is 25.2. The first-order valence-corrected chi connectivity index (χ1v) is 14.3. The van der Waals surface area contributed by atoms with Gasteiger partial charge in [0, 0.05) is 11.4 Å². The predicted molar refractivity (Wildman–Crippen MR) is 157 cm³/mol. The molecule has 0 heterocycles. The van der Waals surface area contributed by atoms with Crippen molar-refractivity contribution in [3.05, 3.63) is 59.7 Å². The lowest BCUT2D eigenvalue weighted by molar-refractivity contribution is 0.262. The second-order valence-electron chi connectivity index (χ2n) is 7.62. The van der Waals surface area contributed by atoms with E-state index in [1.165, 1.54) is 0 Å². The van der Waals surface area contributed by atoms with Gasteiger partial charge >= 0.3 is 6.03 Å². The molecule has 0 unspecified atom stereocenters. The van der Waals surface area contributed by atoms with Gasteiger partial charge in [-0.25, -0.2) is 4.79 Å². The third-order valence-electron chi connectivity index (χ3n) is 3.75. The second kappa shape index (κ2) is 16.4. The van der Waals surface area contributed by atoms with Gasteiger partial charge in [-0.15, -0.1) is 10.2 Å². The largest absolute Gasteiger partial charge is 0.369 e. The number of guanidine groups is 2. The Kier molecular flexibility index (Phi) is 14.5. The highest BCUT2D eigenvalue weighted by molar-refractivity contribution is 7.85. The number of amides is 2. The Balaban J connectivity index is 0.00000130. The number of rotatable bonds is 6. The van der Waals surface area contributed by atoms with Gasteiger partial charge < -0.3 is 33.6 Å². The van der Waals surface area contributed by atoms with Crippen LogP contribution >= 0.6 is 0 Å². The average molecular weight is 601 g/mol. The molecule has 220 valence electrons. The van der Waals surface area contributed by atoms with E-state index in [2.05, 4.69) is 31.0 Å². The third-order valence-corrected chi connectivity index (χ3v) is 3.75. The van der Waals surface area contributed by atoms with Crippen molar-refractivity contribution in [1.82, 2.24) is 0 Å². The van der Waals surface area contributed by atoms with Gasteiger partial charge in [-0.1, -0.05) is 24.3 Å². The van der Waals surface area contributed by atoms with Gasteiger partial charge in [0.05, 0.1) is 23.9 Å². The molecule has 2 aromatic rings. The highest BCUT2D eigenvalue weighted by Crippen LogP contribution is 2.14. The van der Waals surface area contributed by atoms with E-state index in [1.54, 1.807) is 62.4 Å². The lowest BCUT2D eigenvalue weighted by atomic mass is 10.1. The fourth-order valence-corrected chi connectivity index (χ4v) is 2.26. The van der Waals surface area contributed by atoms with Gasteiger partial charge in [0.25, 0.3) is 20.2 Å². The molecule has 0 fully saturated rings. The summed E-state index contributed by atoms with van der Waals surface area (Å²) in [6.45, 7) is 3.55. The Morgan fingerprint density at radius 2 is 0.875 bits per heavy atom. The highest BCUT2D eigenvalue weighted by Gasteiger charge is 2.05. The van der Waals surface area contributed by atoms with Gasteiger partial charge in [-0.05, 0) is 49.2 Å². The maximum Gasteiger partial charge on any atom is 0.323 e. The van der Waals surface area contributed by atoms with Crippen LogP contribution in [-0.2, 0) is 20.2 Å². The minimum atomic E-state index is -3.67. The molecule has 2 amide bonds. The molecule has 17 nitrogen and oxygen atoms in total. The van der Waals surface area contributed by atoms with Crippen LogP contribution in [0.5, 0.6) is 0 Å². The van der Waals surface area contributed by atoms with Crippen molar-refractivity contribution < 1.29 is 30.7 Å². The minimum Gasteiger partial charge on any atom is -0.369 e. The van der Waals surface area contributed by atoms with Crippen molar-refractivity contribution in [3.8, 4) is 0 Å². The van der Waals surface area contributed by atoms with Crippen LogP contribution in [0.15, 0.2) is 68.9 Å². The monoisotopic (exact) mass is 600 g/mol. The van der Waals surface area contributed by atoms with E-state index in [0.29, 0.717) is 35.3 Å². The lowest BCUT2D eigenvalue weighted by Crippen LogP contribution is -2.22. The standard InChI is InChI=1S/C19H24N10O.2CH4O3S/c1-11(26-28-17(20)21)13-3-7-15(8-4-13)24-19(30)25-16-9-5-14(6-10-16)12(2)27-29-18(22)23;2*1-5(2,3)4/h3-10H,1-2H3,(H4,20,21,28)(H4,22,23,29)(H2,24,25,30);2*1H3,(H,2,3,4)/b26-11-,27-12-;;. The van der Waals surface area contributed by atoms with E-state index in [9.17, 15) is 21.6 Å². The van der Waals surface area contributed by atoms with Crippen molar-refractivity contribution in [2.24, 2.45) is 43.3 Å². The first-order valence-electron chi connectivity index (χ1n) is 10.6. The number of nitrogens with two attached hydrogens (primary N) is 4. The summed E-state index contributed by atoms with van der Waals surface area (Å²) in [6, 6.07) is 13.8. The summed E-state index contributed by atoms with van der Waals surface area (Å²) in [4.78, 5) is 12.2. The third kappa shape index (κ3) is 20.5. The summed E-state index contributed by atoms with van der Waals surface area (Å²) < 4.78 is 51.7. The normalized spacial score (nSPS) is 11.4. The summed E-state index contributed by atoms with van der Waals surface area (Å²) in [6.07, 6.45) is 1.43. The molecule has 0 aliphatic carbocycles. The molecule has 0 spiro atoms. The molecule has 2 aromatic carbocycles. The number of nitrogens with zero attached hydrogens (tertiary/aromatic N) is 4. The zero-order chi connectivity index (χ0) is 31.1. The topological polar surface area (TPSA) is 303 Å². The molecular formula is C21H32N10O7S2. The highest BCUT2D eigenvalue weighted by atomic mass is 32.2. The molecular weight excluding hydrogens is 568 g/mol. The van der Waals surface area contributed by atoms with E-state index in [-0.39, 0.29) is 18.0 Å². The van der Waals surface area contributed by atoms with Crippen LogP contribution in [0, 0.1) is 0 Å². The average Bonchev–Trinajstić information content (AvgIpc) is 2.79. The zero-order valence-electron chi connectivity index (χ0n) is 22.0. The molecule has 0 radical (unpaired) electrons. The maximum atomic E-state index is 12.2. The molecule has 0 saturated carbocycles. The molecule has 0 aliphatic rings. The van der Waals surface area contributed by atoms with Crippen molar-refractivity contribution in [2.75, 3.05) is 23.1 Å². The fourth-order valence-electron chi connectivity index (χ4n) is 2.26. The van der Waals surface area contributed by atoms with Gasteiger partial charge in [-0.2, -0.15) is 27.0 Å². The number of anilines is 2. The first kappa shape index (κ1) is 35.4. The number of hydrogen-bond donors (Lipinski definition) is 8. The molecule has 0 aromatic heterocycles. The molecule has 0 bridgehead atoms. The summed E-state index contributed by atoms with van der Waals surface area (Å²) in [5.74, 6) is -0.234. The van der Waals surface area contributed by atoms with Gasteiger partial charge in [0.2, 0.25) is 11.9 Å². The van der Waals surface area contributed by atoms with Crippen LogP contribution in [0.25, 0.3) is 0 Å². The molecule has 0 aliphatic heterocycles. The van der Waals surface area contributed by atoms with Crippen LogP contribution in [0.2, 0.25) is 0 Å². The number of carbonyl (C=O) groups is 1. The first-order chi connectivity index (χ1) is 18.2. The van der Waals surface area contributed by atoms with E-state index in [0.717, 1.165) is 11.1 Å². The predicted octanol–water partition coefficient (Wildman–Crippen LogP) is 0.333. The number of benzene rings is 2. The van der Waals surface area contributed by atoms with Gasteiger partial charge in [0.1, 0.15) is 0 Å². The Labute approximate surface area is 231 Å². The van der Waals surface area contributed by atoms with Crippen LogP contribution in [0.3, 0.4) is 0 Å². The quantitative estimate of drug-likeness (QED) is 0.0966. The summed E-state index contributed by atoms with van der Waals surface area (Å²) in [5, 5.41) is 20.5. The van der Waals surface area contributed by atoms with Crippen LogP contribution in [0.4, 0.5) is 16.2 Å². The zero-order valence-corrected chi connectivity index (χ0v) is 23.6. The minimum absolute atomic E-state index is 0.117. The molecule has 19 heteroatoms. The molecule has 2 rings (SSSR count). The van der Waals surface area contributed by atoms with Crippen molar-refractivity contribution in [3.63, 3.8) is 0 Å². The maximum absolute atomic E-state index is 12.2. The number of hydrogen-bond acceptors (Lipinski definition) is 9. The van der Waals surface area contributed by atoms with Crippen LogP contribution < -0.4 is 33.6 Å². The summed E-state index contributed by atoms with van der Waals surface area (Å²) in [7, 11) is -7.33. The van der Waals surface area contributed by atoms with Crippen molar-refractivity contribution in [2.45, 2.75) is 13.8 Å². The molecule has 40 heavy (non-hydrogen) atoms. The van der Waals surface area contributed by atoms with Crippen LogP contribution in [-0.4, -0.2) is 67.8 Å². The van der Waals surface area contributed by atoms with E-state index in [1.807, 2.05) is 0 Å². The Morgan fingerprint density at radius 3 is 1.10 bits per heavy atom. The Bertz CT molecular complexity index is 1330. The SMILES string of the molecule is C/C(=N/N=C(N)N)c1ccc(NC(=O)Nc2ccc(/C(C)=N\N=C(N)N)cc2)cc1.CS(=O)(=O)O.CS(=O)(=O)O. The Hall–Kier alpha value is -4.59. The van der Waals surface area contributed by atoms with Gasteiger partial charge in [-0.3, -0.25) is 9.11 Å². The number of nitrogens with one attached hydrogen (secondary N) is 2. The Morgan fingerprint density at radius 1 is 0.625 bits per heavy atom. The van der Waals surface area contributed by atoms with E-state index < -0.39 is 20.2 Å². The smallest absolute Gasteiger partial charge is 0.323 e. The van der Waals surface area contributed by atoms with Crippen LogP contribution in [0.1, 0.15) is 25.0 Å². The second-order valence-corrected chi connectivity index (χ2v) is 10.6. The number of carbonyl (C=O) groups excluding carboxylic acids is 1. The van der Waals surface area contributed by atoms with Crippen molar-refractivity contribution >= 4 is 61.0 Å². The molecule has 12 N–H and O–H groups in total. The summed E-state index contributed by atoms with van der Waals surface area (Å²) >= 11 is 0. The fraction of sp³-hybridized carbons (Fsp3) is 0.190. The van der Waals surface area contributed by atoms with Crippen molar-refractivity contribution in [1.29, 1.82) is 0 Å². The molecule has 0 saturated heterocycles. The number of urea groups is 1. The molecule has 0 atom stereocenters. The van der Waals surface area contributed by atoms with Gasteiger partial charge in [0.15, 0.2) is 0 Å². The lowest BCUT2D eigenvalue weighted by Gasteiger charge is -2.09. The van der Waals surface area contributed by atoms with E-state index >= 15 is 0 Å². The van der Waals surface area contributed by atoms with E-state index in [4.69, 9.17) is 32.0 Å².